The van der Waals surface area contributed by atoms with Crippen LogP contribution in [-0.2, 0) is 11.8 Å². The van der Waals surface area contributed by atoms with Crippen molar-refractivity contribution >= 4 is 16.7 Å². The van der Waals surface area contributed by atoms with E-state index in [0.29, 0.717) is 0 Å². The second-order valence-electron chi connectivity index (χ2n) is 4.44. The largest absolute Gasteiger partial charge is 0.398 e. The predicted octanol–water partition coefficient (Wildman–Crippen LogP) is 2.62. The zero-order valence-corrected chi connectivity index (χ0v) is 10.6. The molecule has 3 heteroatoms. The third kappa shape index (κ3) is 1.68. The lowest BCUT2D eigenvalue weighted by Crippen LogP contribution is -2.33. The van der Waals surface area contributed by atoms with Gasteiger partial charge in [-0.25, -0.2) is 0 Å². The molecule has 0 spiro atoms. The molecule has 0 saturated carbocycles. The topological polar surface area (TPSA) is 26.2 Å². The molecular formula is C15H16NO2+. The first-order valence-corrected chi connectivity index (χ1v) is 6.08. The molecule has 0 amide bonds. The average molecular weight is 242 g/mol. The lowest BCUT2D eigenvalue weighted by molar-refractivity contribution is -0.652. The maximum atomic E-state index is 5.95. The Hall–Kier alpha value is -1.87. The highest BCUT2D eigenvalue weighted by atomic mass is 16.5. The number of para-hydroxylation sites is 2. The minimum Gasteiger partial charge on any atom is -0.398 e. The fourth-order valence-corrected chi connectivity index (χ4v) is 2.40. The zero-order chi connectivity index (χ0) is 12.5. The second-order valence-corrected chi connectivity index (χ2v) is 4.44. The van der Waals surface area contributed by atoms with Crippen LogP contribution in [0.25, 0.3) is 16.7 Å². The fourth-order valence-electron chi connectivity index (χ4n) is 2.40. The van der Waals surface area contributed by atoms with E-state index in [-0.39, 0.29) is 6.10 Å². The van der Waals surface area contributed by atoms with Crippen LogP contribution in [0.3, 0.4) is 0 Å². The maximum absolute atomic E-state index is 5.95. The normalized spacial score (nSPS) is 19.2. The molecule has 1 aromatic heterocycles. The van der Waals surface area contributed by atoms with E-state index in [2.05, 4.69) is 28.9 Å². The number of oxazole rings is 1. The van der Waals surface area contributed by atoms with Crippen LogP contribution >= 0.6 is 0 Å². The molecule has 2 aromatic rings. The summed E-state index contributed by atoms with van der Waals surface area (Å²) < 4.78 is 13.5. The Morgan fingerprint density at radius 2 is 2.17 bits per heavy atom. The first kappa shape index (κ1) is 11.2. The van der Waals surface area contributed by atoms with Gasteiger partial charge in [0, 0.05) is 13.2 Å². The van der Waals surface area contributed by atoms with Gasteiger partial charge in [-0.15, -0.1) is 0 Å². The minimum atomic E-state index is 0.0711. The molecule has 1 heterocycles. The van der Waals surface area contributed by atoms with Crippen LogP contribution in [0.15, 0.2) is 46.9 Å². The lowest BCUT2D eigenvalue weighted by Gasteiger charge is -2.15. The molecule has 0 bridgehead atoms. The Kier molecular flexibility index (Phi) is 2.76. The van der Waals surface area contributed by atoms with Gasteiger partial charge >= 0.3 is 5.89 Å². The monoisotopic (exact) mass is 242 g/mol. The van der Waals surface area contributed by atoms with Crippen LogP contribution in [0.5, 0.6) is 0 Å². The molecule has 3 nitrogen and oxygen atoms in total. The molecule has 18 heavy (non-hydrogen) atoms. The highest BCUT2D eigenvalue weighted by Gasteiger charge is 2.28. The minimum absolute atomic E-state index is 0.0711. The standard InChI is InChI=1S/C15H16NO2/c1-16-12-8-4-6-10-14(12)18-15(16)11-7-3-5-9-13(11)17-2/h3-8,10,13H,9H2,1-2H3/q+1. The van der Waals surface area contributed by atoms with Gasteiger partial charge < -0.3 is 9.15 Å². The molecule has 1 aliphatic carbocycles. The van der Waals surface area contributed by atoms with E-state index in [9.17, 15) is 0 Å². The van der Waals surface area contributed by atoms with Gasteiger partial charge in [0.05, 0.1) is 11.7 Å². The van der Waals surface area contributed by atoms with Crippen molar-refractivity contribution in [3.05, 3.63) is 48.4 Å². The van der Waals surface area contributed by atoms with Crippen molar-refractivity contribution in [1.29, 1.82) is 0 Å². The van der Waals surface area contributed by atoms with Crippen LogP contribution < -0.4 is 4.57 Å². The van der Waals surface area contributed by atoms with Crippen molar-refractivity contribution < 1.29 is 13.7 Å². The summed E-state index contributed by atoms with van der Waals surface area (Å²) in [5.74, 6) is 0.868. The highest BCUT2D eigenvalue weighted by molar-refractivity contribution is 5.73. The van der Waals surface area contributed by atoms with Crippen LogP contribution in [0.2, 0.25) is 0 Å². The van der Waals surface area contributed by atoms with Crippen molar-refractivity contribution in [1.82, 2.24) is 0 Å². The molecule has 1 unspecified atom stereocenters. The molecule has 0 N–H and O–H groups in total. The molecule has 0 radical (unpaired) electrons. The molecule has 1 aromatic carbocycles. The molecule has 3 rings (SSSR count). The summed E-state index contributed by atoms with van der Waals surface area (Å²) in [6.45, 7) is 0. The number of allylic oxidation sites excluding steroid dienone is 2. The Balaban J connectivity index is 2.16. The molecule has 92 valence electrons. The average Bonchev–Trinajstić information content (AvgIpc) is 2.76. The molecule has 0 fully saturated rings. The summed E-state index contributed by atoms with van der Waals surface area (Å²) in [4.78, 5) is 0. The summed E-state index contributed by atoms with van der Waals surface area (Å²) >= 11 is 0. The van der Waals surface area contributed by atoms with Gasteiger partial charge in [-0.05, 0) is 18.6 Å². The molecular weight excluding hydrogens is 226 g/mol. The Morgan fingerprint density at radius 3 is 2.94 bits per heavy atom. The zero-order valence-electron chi connectivity index (χ0n) is 10.6. The number of rotatable bonds is 2. The molecule has 1 aliphatic rings. The van der Waals surface area contributed by atoms with E-state index in [0.717, 1.165) is 29.0 Å². The van der Waals surface area contributed by atoms with E-state index in [4.69, 9.17) is 9.15 Å². The van der Waals surface area contributed by atoms with Gasteiger partial charge in [-0.2, -0.15) is 4.57 Å². The van der Waals surface area contributed by atoms with Crippen LogP contribution in [0.4, 0.5) is 0 Å². The third-order valence-electron chi connectivity index (χ3n) is 3.38. The van der Waals surface area contributed by atoms with E-state index >= 15 is 0 Å². The summed E-state index contributed by atoms with van der Waals surface area (Å²) in [6.07, 6.45) is 7.19. The number of fused-ring (bicyclic) bond motifs is 1. The SMILES string of the molecule is COC1CC=CC=C1c1oc2ccccc2[n+]1C. The number of benzene rings is 1. The lowest BCUT2D eigenvalue weighted by atomic mass is 10.0. The van der Waals surface area contributed by atoms with Crippen LogP contribution in [-0.4, -0.2) is 13.2 Å². The molecule has 0 saturated heterocycles. The summed E-state index contributed by atoms with van der Waals surface area (Å²) in [5.41, 5.74) is 3.09. The van der Waals surface area contributed by atoms with Crippen molar-refractivity contribution in [3.63, 3.8) is 0 Å². The highest BCUT2D eigenvalue weighted by Crippen LogP contribution is 2.26. The van der Waals surface area contributed by atoms with Gasteiger partial charge in [0.1, 0.15) is 7.05 Å². The number of hydrogen-bond donors (Lipinski definition) is 0. The van der Waals surface area contributed by atoms with Gasteiger partial charge in [0.15, 0.2) is 0 Å². The van der Waals surface area contributed by atoms with Crippen molar-refractivity contribution in [2.24, 2.45) is 7.05 Å². The van der Waals surface area contributed by atoms with Crippen molar-refractivity contribution in [3.8, 4) is 0 Å². The number of aryl methyl sites for hydroxylation is 1. The van der Waals surface area contributed by atoms with E-state index in [1.807, 2.05) is 25.2 Å². The number of aromatic nitrogens is 1. The third-order valence-corrected chi connectivity index (χ3v) is 3.38. The quantitative estimate of drug-likeness (QED) is 0.757. The van der Waals surface area contributed by atoms with Gasteiger partial charge in [-0.1, -0.05) is 24.3 Å². The Labute approximate surface area is 106 Å². The first-order chi connectivity index (χ1) is 8.81. The smallest absolute Gasteiger partial charge is 0.379 e. The van der Waals surface area contributed by atoms with E-state index in [1.54, 1.807) is 7.11 Å². The second kappa shape index (κ2) is 4.42. The van der Waals surface area contributed by atoms with Crippen molar-refractivity contribution in [2.75, 3.05) is 7.11 Å². The Morgan fingerprint density at radius 1 is 1.33 bits per heavy atom. The number of ether oxygens (including phenoxy) is 1. The van der Waals surface area contributed by atoms with E-state index < -0.39 is 0 Å². The maximum Gasteiger partial charge on any atom is 0.379 e. The number of nitrogens with zero attached hydrogens (tertiary/aromatic N) is 1. The van der Waals surface area contributed by atoms with Crippen molar-refractivity contribution in [2.45, 2.75) is 12.5 Å². The predicted molar refractivity (Wildman–Crippen MR) is 69.9 cm³/mol. The van der Waals surface area contributed by atoms with Crippen LogP contribution in [0.1, 0.15) is 12.3 Å². The summed E-state index contributed by atoms with van der Waals surface area (Å²) in [6, 6.07) is 8.05. The molecule has 1 atom stereocenters. The summed E-state index contributed by atoms with van der Waals surface area (Å²) in [7, 11) is 3.76. The summed E-state index contributed by atoms with van der Waals surface area (Å²) in [5, 5.41) is 0. The van der Waals surface area contributed by atoms with Crippen LogP contribution in [0, 0.1) is 0 Å². The Bertz CT molecular complexity index is 637. The van der Waals surface area contributed by atoms with E-state index in [1.165, 1.54) is 0 Å². The fraction of sp³-hybridized carbons (Fsp3) is 0.267. The first-order valence-electron chi connectivity index (χ1n) is 6.08. The number of hydrogen-bond acceptors (Lipinski definition) is 2. The van der Waals surface area contributed by atoms with Gasteiger partial charge in [0.2, 0.25) is 5.58 Å². The van der Waals surface area contributed by atoms with Gasteiger partial charge in [0.25, 0.3) is 5.52 Å². The molecule has 0 aliphatic heterocycles. The number of methoxy groups -OCH3 is 1. The van der Waals surface area contributed by atoms with Gasteiger partial charge in [-0.3, -0.25) is 0 Å².